The van der Waals surface area contributed by atoms with Gasteiger partial charge in [-0.25, -0.2) is 4.98 Å². The Morgan fingerprint density at radius 3 is 2.57 bits per heavy atom. The minimum atomic E-state index is -0.0271. The highest BCUT2D eigenvalue weighted by molar-refractivity contribution is 7.20. The van der Waals surface area contributed by atoms with Crippen LogP contribution in [0.5, 0.6) is 0 Å². The van der Waals surface area contributed by atoms with Crippen molar-refractivity contribution in [2.24, 2.45) is 0 Å². The zero-order valence-electron chi connectivity index (χ0n) is 12.5. The Morgan fingerprint density at radius 1 is 1.33 bits per heavy atom. The largest absolute Gasteiger partial charge is 0.389 e. The molecule has 0 aliphatic rings. The molecular formula is C15H20N4OS. The molecule has 1 aromatic carbocycles. The first-order valence-corrected chi connectivity index (χ1v) is 7.66. The van der Waals surface area contributed by atoms with Gasteiger partial charge in [0.05, 0.1) is 0 Å². The third-order valence-corrected chi connectivity index (χ3v) is 3.83. The number of aromatic nitrogens is 1. The lowest BCUT2D eigenvalue weighted by atomic mass is 10.1. The molecule has 0 saturated carbocycles. The van der Waals surface area contributed by atoms with Crippen LogP contribution in [0.25, 0.3) is 11.3 Å². The van der Waals surface area contributed by atoms with E-state index in [0.29, 0.717) is 16.6 Å². The summed E-state index contributed by atoms with van der Waals surface area (Å²) >= 11 is 1.30. The molecule has 1 heterocycles. The number of rotatable bonds is 5. The minimum absolute atomic E-state index is 0.0271. The normalized spacial score (nSPS) is 10.4. The Kier molecular flexibility index (Phi) is 4.80. The molecule has 2 aromatic rings. The second-order valence-corrected chi connectivity index (χ2v) is 6.00. The first-order valence-electron chi connectivity index (χ1n) is 6.85. The van der Waals surface area contributed by atoms with Crippen molar-refractivity contribution in [1.29, 1.82) is 0 Å². The first-order chi connectivity index (χ1) is 10.0. The highest BCUT2D eigenvalue weighted by Crippen LogP contribution is 2.34. The number of nitrogens with zero attached hydrogens (tertiary/aromatic N) is 2. The molecule has 0 bridgehead atoms. The molecule has 6 heteroatoms. The Bertz CT molecular complexity index is 619. The number of thiazole rings is 1. The third-order valence-electron chi connectivity index (χ3n) is 3.03. The maximum absolute atomic E-state index is 11.6. The number of carbonyl (C=O) groups is 1. The van der Waals surface area contributed by atoms with E-state index in [-0.39, 0.29) is 5.91 Å². The molecule has 0 saturated heterocycles. The van der Waals surface area contributed by atoms with Crippen LogP contribution >= 0.6 is 11.3 Å². The molecule has 0 spiro atoms. The summed E-state index contributed by atoms with van der Waals surface area (Å²) in [4.78, 5) is 18.1. The third kappa shape index (κ3) is 3.72. The van der Waals surface area contributed by atoms with Crippen LogP contribution in [0.2, 0.25) is 0 Å². The quantitative estimate of drug-likeness (QED) is 0.890. The van der Waals surface area contributed by atoms with Crippen LogP contribution < -0.4 is 16.0 Å². The summed E-state index contributed by atoms with van der Waals surface area (Å²) in [5.41, 5.74) is 8.80. The summed E-state index contributed by atoms with van der Waals surface area (Å²) in [7, 11) is 3.99. The van der Waals surface area contributed by atoms with Gasteiger partial charge in [0.15, 0.2) is 5.13 Å². The number of carbonyl (C=O) groups excluding carboxylic acids is 1. The predicted molar refractivity (Wildman–Crippen MR) is 89.8 cm³/mol. The van der Waals surface area contributed by atoms with Gasteiger partial charge < -0.3 is 16.0 Å². The molecule has 0 aliphatic carbocycles. The molecule has 5 nitrogen and oxygen atoms in total. The summed E-state index contributed by atoms with van der Waals surface area (Å²) in [5.74, 6) is -0.0271. The molecule has 21 heavy (non-hydrogen) atoms. The van der Waals surface area contributed by atoms with E-state index in [1.54, 1.807) is 0 Å². The molecule has 0 atom stereocenters. The second-order valence-electron chi connectivity index (χ2n) is 4.97. The van der Waals surface area contributed by atoms with Gasteiger partial charge in [0, 0.05) is 31.8 Å². The van der Waals surface area contributed by atoms with Crippen molar-refractivity contribution in [2.75, 3.05) is 30.0 Å². The number of amides is 1. The van der Waals surface area contributed by atoms with Gasteiger partial charge in [-0.3, -0.25) is 4.79 Å². The van der Waals surface area contributed by atoms with Crippen LogP contribution in [-0.2, 0) is 4.79 Å². The molecule has 2 rings (SSSR count). The lowest BCUT2D eigenvalue weighted by molar-refractivity contribution is -0.116. The monoisotopic (exact) mass is 304 g/mol. The number of anilines is 3. The van der Waals surface area contributed by atoms with E-state index >= 15 is 0 Å². The smallest absolute Gasteiger partial charge is 0.226 e. The fraction of sp³-hybridized carbons (Fsp3) is 0.333. The fourth-order valence-corrected chi connectivity index (χ4v) is 2.69. The zero-order chi connectivity index (χ0) is 15.4. The summed E-state index contributed by atoms with van der Waals surface area (Å²) in [6.45, 7) is 1.97. The Morgan fingerprint density at radius 2 is 2.00 bits per heavy atom. The number of nitrogen functional groups attached to an aromatic ring is 1. The highest BCUT2D eigenvalue weighted by Gasteiger charge is 2.12. The average molecular weight is 304 g/mol. The van der Waals surface area contributed by atoms with Gasteiger partial charge in [-0.1, -0.05) is 30.4 Å². The first kappa shape index (κ1) is 15.3. The van der Waals surface area contributed by atoms with Crippen molar-refractivity contribution >= 4 is 33.1 Å². The lowest BCUT2D eigenvalue weighted by Crippen LogP contribution is -2.10. The molecular weight excluding hydrogens is 284 g/mol. The molecule has 0 radical (unpaired) electrons. The van der Waals surface area contributed by atoms with Crippen molar-refractivity contribution in [1.82, 2.24) is 4.98 Å². The van der Waals surface area contributed by atoms with E-state index in [2.05, 4.69) is 10.3 Å². The Labute approximate surface area is 128 Å². The SMILES string of the molecule is CCCC(=O)Nc1nc(-c2ccc(N(C)C)cc2)c(N)s1. The van der Waals surface area contributed by atoms with Gasteiger partial charge >= 0.3 is 0 Å². The molecule has 1 aromatic heterocycles. The van der Waals surface area contributed by atoms with Crippen LogP contribution in [-0.4, -0.2) is 25.0 Å². The molecule has 112 valence electrons. The van der Waals surface area contributed by atoms with Gasteiger partial charge in [0.25, 0.3) is 0 Å². The molecule has 1 amide bonds. The van der Waals surface area contributed by atoms with Crippen LogP contribution in [0.1, 0.15) is 19.8 Å². The van der Waals surface area contributed by atoms with Crippen LogP contribution in [0.3, 0.4) is 0 Å². The fourth-order valence-electron chi connectivity index (χ4n) is 1.92. The molecule has 0 aliphatic heterocycles. The summed E-state index contributed by atoms with van der Waals surface area (Å²) in [6.07, 6.45) is 1.30. The van der Waals surface area contributed by atoms with E-state index in [9.17, 15) is 4.79 Å². The van der Waals surface area contributed by atoms with Crippen LogP contribution in [0, 0.1) is 0 Å². The van der Waals surface area contributed by atoms with Crippen LogP contribution in [0.4, 0.5) is 15.8 Å². The average Bonchev–Trinajstić information content (AvgIpc) is 2.79. The maximum atomic E-state index is 11.6. The highest BCUT2D eigenvalue weighted by atomic mass is 32.1. The minimum Gasteiger partial charge on any atom is -0.389 e. The zero-order valence-corrected chi connectivity index (χ0v) is 13.3. The number of hydrogen-bond acceptors (Lipinski definition) is 5. The molecule has 0 unspecified atom stereocenters. The van der Waals surface area contributed by atoms with Gasteiger partial charge in [-0.05, 0) is 18.6 Å². The van der Waals surface area contributed by atoms with Gasteiger partial charge in [0.2, 0.25) is 5.91 Å². The number of nitrogens with two attached hydrogens (primary N) is 1. The molecule has 3 N–H and O–H groups in total. The summed E-state index contributed by atoms with van der Waals surface area (Å²) in [6, 6.07) is 8.00. The number of nitrogens with one attached hydrogen (secondary N) is 1. The van der Waals surface area contributed by atoms with E-state index in [1.807, 2.05) is 50.2 Å². The standard InChI is InChI=1S/C15H20N4OS/c1-4-5-12(20)17-15-18-13(14(16)21-15)10-6-8-11(9-7-10)19(2)3/h6-9H,4-5,16H2,1-3H3,(H,17,18,20). The van der Waals surface area contributed by atoms with Crippen molar-refractivity contribution in [3.8, 4) is 11.3 Å². The number of hydrogen-bond donors (Lipinski definition) is 2. The summed E-state index contributed by atoms with van der Waals surface area (Å²) < 4.78 is 0. The maximum Gasteiger partial charge on any atom is 0.226 e. The second kappa shape index (κ2) is 6.58. The lowest BCUT2D eigenvalue weighted by Gasteiger charge is -2.12. The van der Waals surface area contributed by atoms with Crippen molar-refractivity contribution < 1.29 is 4.79 Å². The van der Waals surface area contributed by atoms with Crippen LogP contribution in [0.15, 0.2) is 24.3 Å². The van der Waals surface area contributed by atoms with E-state index in [1.165, 1.54) is 11.3 Å². The van der Waals surface area contributed by atoms with E-state index < -0.39 is 0 Å². The Balaban J connectivity index is 2.20. The number of benzene rings is 1. The topological polar surface area (TPSA) is 71.2 Å². The van der Waals surface area contributed by atoms with E-state index in [4.69, 9.17) is 5.73 Å². The van der Waals surface area contributed by atoms with Crippen molar-refractivity contribution in [2.45, 2.75) is 19.8 Å². The van der Waals surface area contributed by atoms with Gasteiger partial charge in [0.1, 0.15) is 10.7 Å². The summed E-state index contributed by atoms with van der Waals surface area (Å²) in [5, 5.41) is 3.95. The Hall–Kier alpha value is -2.08. The van der Waals surface area contributed by atoms with Gasteiger partial charge in [-0.2, -0.15) is 0 Å². The van der Waals surface area contributed by atoms with E-state index in [0.717, 1.165) is 23.4 Å². The van der Waals surface area contributed by atoms with Crippen molar-refractivity contribution in [3.63, 3.8) is 0 Å². The van der Waals surface area contributed by atoms with Gasteiger partial charge in [-0.15, -0.1) is 0 Å². The molecule has 0 fully saturated rings. The van der Waals surface area contributed by atoms with Crippen molar-refractivity contribution in [3.05, 3.63) is 24.3 Å². The predicted octanol–water partition coefficient (Wildman–Crippen LogP) is 3.20.